The van der Waals surface area contributed by atoms with E-state index in [0.29, 0.717) is 12.1 Å². The first-order valence-electron chi connectivity index (χ1n) is 14.8. The fraction of sp³-hybridized carbons (Fsp3) is 0.400. The lowest BCUT2D eigenvalue weighted by Gasteiger charge is -2.48. The molecule has 3 aromatic rings. The molecule has 1 aliphatic carbocycles. The first-order chi connectivity index (χ1) is 20.4. The smallest absolute Gasteiger partial charge is 0.415 e. The Hall–Kier alpha value is -4.33. The number of anilines is 1. The van der Waals surface area contributed by atoms with E-state index in [9.17, 15) is 19.5 Å². The Kier molecular flexibility index (Phi) is 8.23. The summed E-state index contributed by atoms with van der Waals surface area (Å²) in [6.45, 7) is 9.75. The quantitative estimate of drug-likeness (QED) is 0.305. The van der Waals surface area contributed by atoms with Crippen LogP contribution in [0, 0.1) is 0 Å². The Labute approximate surface area is 253 Å². The van der Waals surface area contributed by atoms with Crippen molar-refractivity contribution in [3.8, 4) is 11.1 Å². The van der Waals surface area contributed by atoms with Crippen LogP contribution in [0.25, 0.3) is 11.1 Å². The van der Waals surface area contributed by atoms with E-state index in [1.165, 1.54) is 0 Å². The summed E-state index contributed by atoms with van der Waals surface area (Å²) in [5.41, 5.74) is 4.57. The topological polar surface area (TPSA) is 96.4 Å². The molecule has 226 valence electrons. The summed E-state index contributed by atoms with van der Waals surface area (Å²) >= 11 is 0. The monoisotopic (exact) mass is 584 g/mol. The average molecular weight is 585 g/mol. The van der Waals surface area contributed by atoms with Crippen molar-refractivity contribution < 1.29 is 29.0 Å². The molecular weight excluding hydrogens is 544 g/mol. The van der Waals surface area contributed by atoms with E-state index < -0.39 is 35.3 Å². The number of carboxylic acid groups (broad SMARTS) is 1. The van der Waals surface area contributed by atoms with Crippen molar-refractivity contribution in [3.63, 3.8) is 0 Å². The lowest BCUT2D eigenvalue weighted by molar-refractivity contribution is -0.137. The number of ether oxygens (including phenoxy) is 2. The number of benzene rings is 3. The third-order valence-corrected chi connectivity index (χ3v) is 8.15. The van der Waals surface area contributed by atoms with E-state index >= 15 is 0 Å². The molecule has 8 nitrogen and oxygen atoms in total. The average Bonchev–Trinajstić information content (AvgIpc) is 3.26. The summed E-state index contributed by atoms with van der Waals surface area (Å²) < 4.78 is 11.8. The van der Waals surface area contributed by atoms with Crippen molar-refractivity contribution in [2.24, 2.45) is 0 Å². The van der Waals surface area contributed by atoms with Crippen molar-refractivity contribution in [2.45, 2.75) is 77.0 Å². The minimum absolute atomic E-state index is 0.0745. The largest absolute Gasteiger partial charge is 0.481 e. The van der Waals surface area contributed by atoms with Crippen molar-refractivity contribution in [1.29, 1.82) is 0 Å². The number of rotatable bonds is 7. The highest BCUT2D eigenvalue weighted by molar-refractivity contribution is 5.91. The molecule has 1 unspecified atom stereocenters. The van der Waals surface area contributed by atoms with Crippen LogP contribution in [0.1, 0.15) is 82.5 Å². The van der Waals surface area contributed by atoms with Gasteiger partial charge in [0.05, 0.1) is 11.7 Å². The highest BCUT2D eigenvalue weighted by Crippen LogP contribution is 2.47. The minimum Gasteiger partial charge on any atom is -0.481 e. The van der Waals surface area contributed by atoms with Crippen LogP contribution in [0.4, 0.5) is 15.3 Å². The molecule has 0 fully saturated rings. The molecule has 43 heavy (non-hydrogen) atoms. The Morgan fingerprint density at radius 3 is 2.05 bits per heavy atom. The first kappa shape index (κ1) is 30.1. The molecule has 8 heteroatoms. The zero-order valence-electron chi connectivity index (χ0n) is 25.5. The molecule has 1 heterocycles. The van der Waals surface area contributed by atoms with Crippen LogP contribution < -0.4 is 4.90 Å². The minimum atomic E-state index is -0.923. The van der Waals surface area contributed by atoms with Crippen LogP contribution in [0.15, 0.2) is 72.8 Å². The molecule has 2 amide bonds. The van der Waals surface area contributed by atoms with Crippen LogP contribution in [-0.4, -0.2) is 52.5 Å². The second kappa shape index (κ2) is 11.7. The maximum Gasteiger partial charge on any atom is 0.415 e. The van der Waals surface area contributed by atoms with Gasteiger partial charge in [0.2, 0.25) is 0 Å². The first-order valence-corrected chi connectivity index (χ1v) is 14.8. The molecule has 0 saturated carbocycles. The predicted octanol–water partition coefficient (Wildman–Crippen LogP) is 7.77. The molecule has 0 aromatic heterocycles. The van der Waals surface area contributed by atoms with Gasteiger partial charge in [-0.2, -0.15) is 0 Å². The van der Waals surface area contributed by atoms with Gasteiger partial charge >= 0.3 is 18.2 Å². The number of amides is 2. The van der Waals surface area contributed by atoms with Crippen molar-refractivity contribution in [2.75, 3.05) is 18.1 Å². The fourth-order valence-corrected chi connectivity index (χ4v) is 6.36. The maximum absolute atomic E-state index is 14.0. The molecule has 5 rings (SSSR count). The lowest BCUT2D eigenvalue weighted by atomic mass is 9.82. The Bertz CT molecular complexity index is 1480. The summed E-state index contributed by atoms with van der Waals surface area (Å²) in [5, 5.41) is 9.34. The molecule has 3 aromatic carbocycles. The van der Waals surface area contributed by atoms with Gasteiger partial charge in [0.25, 0.3) is 0 Å². The predicted molar refractivity (Wildman–Crippen MR) is 165 cm³/mol. The number of hydrogen-bond acceptors (Lipinski definition) is 5. The highest BCUT2D eigenvalue weighted by Gasteiger charge is 2.46. The van der Waals surface area contributed by atoms with Gasteiger partial charge in [-0.1, -0.05) is 66.7 Å². The molecule has 0 radical (unpaired) electrons. The molecule has 0 bridgehead atoms. The van der Waals surface area contributed by atoms with Gasteiger partial charge in [0, 0.05) is 24.4 Å². The zero-order valence-corrected chi connectivity index (χ0v) is 25.5. The molecule has 1 N–H and O–H groups in total. The maximum atomic E-state index is 14.0. The van der Waals surface area contributed by atoms with Crippen molar-refractivity contribution in [3.05, 3.63) is 89.5 Å². The SMILES string of the molecule is CC(C)(C)OC(=O)N1c2ccccc2C(N(CCCC(=O)O)C(=O)OCC2c3ccccc3-c3ccccc32)CC1(C)C. The van der Waals surface area contributed by atoms with Crippen LogP contribution in [0.5, 0.6) is 0 Å². The van der Waals surface area contributed by atoms with E-state index in [0.717, 1.165) is 27.8 Å². The van der Waals surface area contributed by atoms with Gasteiger partial charge in [-0.25, -0.2) is 9.59 Å². The van der Waals surface area contributed by atoms with Gasteiger partial charge in [-0.05, 0) is 81.3 Å². The van der Waals surface area contributed by atoms with Gasteiger partial charge in [0.15, 0.2) is 0 Å². The fourth-order valence-electron chi connectivity index (χ4n) is 6.36. The van der Waals surface area contributed by atoms with E-state index in [1.807, 2.05) is 83.1 Å². The molecule has 1 aliphatic heterocycles. The number of aliphatic carboxylic acids is 1. The molecular formula is C35H40N2O6. The van der Waals surface area contributed by atoms with E-state index in [-0.39, 0.29) is 31.9 Å². The van der Waals surface area contributed by atoms with Gasteiger partial charge in [-0.3, -0.25) is 9.69 Å². The third-order valence-electron chi connectivity index (χ3n) is 8.15. The number of fused-ring (bicyclic) bond motifs is 4. The van der Waals surface area contributed by atoms with Crippen LogP contribution >= 0.6 is 0 Å². The number of hydrogen-bond donors (Lipinski definition) is 1. The molecule has 0 saturated heterocycles. The second-order valence-electron chi connectivity index (χ2n) is 12.9. The Morgan fingerprint density at radius 2 is 1.47 bits per heavy atom. The van der Waals surface area contributed by atoms with E-state index in [1.54, 1.807) is 9.80 Å². The summed E-state index contributed by atoms with van der Waals surface area (Å²) in [4.78, 5) is 42.1. The van der Waals surface area contributed by atoms with Gasteiger partial charge < -0.3 is 19.5 Å². The molecule has 1 atom stereocenters. The van der Waals surface area contributed by atoms with Crippen LogP contribution in [0.3, 0.4) is 0 Å². The van der Waals surface area contributed by atoms with Gasteiger partial charge in [0.1, 0.15) is 12.2 Å². The van der Waals surface area contributed by atoms with Crippen molar-refractivity contribution in [1.82, 2.24) is 4.90 Å². The number of carboxylic acids is 1. The zero-order chi connectivity index (χ0) is 30.9. The Balaban J connectivity index is 1.45. The number of carbonyl (C=O) groups is 3. The second-order valence-corrected chi connectivity index (χ2v) is 12.9. The third kappa shape index (κ3) is 6.24. The van der Waals surface area contributed by atoms with E-state index in [4.69, 9.17) is 9.47 Å². The number of nitrogens with zero attached hydrogens (tertiary/aromatic N) is 2. The summed E-state index contributed by atoms with van der Waals surface area (Å²) in [7, 11) is 0. The standard InChI is InChI=1S/C35H40N2O6/c1-34(2,3)43-33(41)37-29-18-11-10-17-27(29)30(21-35(37,4)5)36(20-12-19-31(38)39)32(40)42-22-28-25-15-8-6-13-23(25)24-14-7-9-16-26(24)28/h6-11,13-18,28,30H,12,19-22H2,1-5H3,(H,38,39). The molecule has 2 aliphatic rings. The van der Waals surface area contributed by atoms with Crippen LogP contribution in [-0.2, 0) is 14.3 Å². The summed E-state index contributed by atoms with van der Waals surface area (Å²) in [5.74, 6) is -1.03. The molecule has 0 spiro atoms. The lowest BCUT2D eigenvalue weighted by Crippen LogP contribution is -2.55. The normalized spacial score (nSPS) is 17.0. The summed E-state index contributed by atoms with van der Waals surface area (Å²) in [6, 6.07) is 23.4. The number of para-hydroxylation sites is 1. The number of carbonyl (C=O) groups excluding carboxylic acids is 2. The Morgan fingerprint density at radius 1 is 0.907 bits per heavy atom. The summed E-state index contributed by atoms with van der Waals surface area (Å²) in [6.07, 6.45) is -0.348. The van der Waals surface area contributed by atoms with E-state index in [2.05, 4.69) is 24.3 Å². The van der Waals surface area contributed by atoms with Gasteiger partial charge in [-0.15, -0.1) is 0 Å². The highest BCUT2D eigenvalue weighted by atomic mass is 16.6. The van der Waals surface area contributed by atoms with Crippen molar-refractivity contribution >= 4 is 23.8 Å². The van der Waals surface area contributed by atoms with Crippen LogP contribution in [0.2, 0.25) is 0 Å².